The van der Waals surface area contributed by atoms with E-state index in [-0.39, 0.29) is 18.4 Å². The number of aromatic nitrogens is 1. The molecule has 0 spiro atoms. The predicted molar refractivity (Wildman–Crippen MR) is 77.9 cm³/mol. The van der Waals surface area contributed by atoms with Gasteiger partial charge in [0, 0.05) is 5.38 Å². The van der Waals surface area contributed by atoms with E-state index in [2.05, 4.69) is 10.3 Å². The van der Waals surface area contributed by atoms with Crippen LogP contribution in [0.3, 0.4) is 0 Å². The lowest BCUT2D eigenvalue weighted by molar-refractivity contribution is -0.142. The van der Waals surface area contributed by atoms with Crippen molar-refractivity contribution in [3.05, 3.63) is 34.7 Å². The lowest BCUT2D eigenvalue weighted by atomic mass is 10.2. The molecule has 2 aromatic heterocycles. The van der Waals surface area contributed by atoms with Crippen LogP contribution in [0.15, 0.2) is 21.9 Å². The second kappa shape index (κ2) is 6.56. The van der Waals surface area contributed by atoms with Crippen molar-refractivity contribution in [2.24, 2.45) is 0 Å². The maximum absolute atomic E-state index is 11.4. The zero-order valence-corrected chi connectivity index (χ0v) is 12.6. The quantitative estimate of drug-likeness (QED) is 0.828. The van der Waals surface area contributed by atoms with Gasteiger partial charge in [0.05, 0.1) is 24.8 Å². The molecule has 0 radical (unpaired) electrons. The van der Waals surface area contributed by atoms with Gasteiger partial charge in [0.1, 0.15) is 11.5 Å². The van der Waals surface area contributed by atoms with Crippen LogP contribution in [-0.2, 0) is 16.0 Å². The number of thiazole rings is 1. The number of carbonyl (C=O) groups excluding carboxylic acids is 1. The summed E-state index contributed by atoms with van der Waals surface area (Å²) in [6.07, 6.45) is 0.209. The number of nitrogens with zero attached hydrogens (tertiary/aromatic N) is 1. The fourth-order valence-corrected chi connectivity index (χ4v) is 2.56. The van der Waals surface area contributed by atoms with Crippen LogP contribution in [0.1, 0.15) is 37.1 Å². The standard InChI is InChI=1S/C14H18N2O3S/c1-4-18-13(17)7-11-8-20-14(16-11)15-10(3)12-6-5-9(2)19-12/h5-6,8,10H,4,7H2,1-3H3,(H,15,16). The van der Waals surface area contributed by atoms with Gasteiger partial charge < -0.3 is 14.5 Å². The normalized spacial score (nSPS) is 12.2. The lowest BCUT2D eigenvalue weighted by Gasteiger charge is -2.09. The van der Waals surface area contributed by atoms with Gasteiger partial charge in [0.25, 0.3) is 0 Å². The minimum Gasteiger partial charge on any atom is -0.466 e. The van der Waals surface area contributed by atoms with Crippen molar-refractivity contribution in [1.82, 2.24) is 4.98 Å². The first kappa shape index (κ1) is 14.6. The summed E-state index contributed by atoms with van der Waals surface area (Å²) in [4.78, 5) is 15.7. The molecule has 108 valence electrons. The summed E-state index contributed by atoms with van der Waals surface area (Å²) in [5.41, 5.74) is 0.721. The molecule has 5 nitrogen and oxygen atoms in total. The number of anilines is 1. The fourth-order valence-electron chi connectivity index (χ4n) is 1.76. The Balaban J connectivity index is 1.94. The first-order chi connectivity index (χ1) is 9.58. The third-order valence-electron chi connectivity index (χ3n) is 2.71. The second-order valence-electron chi connectivity index (χ2n) is 4.44. The van der Waals surface area contributed by atoms with Gasteiger partial charge in [-0.1, -0.05) is 0 Å². The maximum atomic E-state index is 11.4. The van der Waals surface area contributed by atoms with E-state index in [1.54, 1.807) is 6.92 Å². The Bertz CT molecular complexity index is 576. The molecule has 0 saturated carbocycles. The lowest BCUT2D eigenvalue weighted by Crippen LogP contribution is -2.08. The summed E-state index contributed by atoms with van der Waals surface area (Å²) in [5, 5.41) is 5.89. The molecule has 2 aromatic rings. The first-order valence-corrected chi connectivity index (χ1v) is 7.39. The molecule has 0 aromatic carbocycles. The van der Waals surface area contributed by atoms with Crippen molar-refractivity contribution >= 4 is 22.4 Å². The molecule has 2 heterocycles. The molecule has 2 rings (SSSR count). The van der Waals surface area contributed by atoms with Gasteiger partial charge in [-0.2, -0.15) is 0 Å². The van der Waals surface area contributed by atoms with Crippen molar-refractivity contribution in [1.29, 1.82) is 0 Å². The molecule has 0 fully saturated rings. The Labute approximate surface area is 122 Å². The van der Waals surface area contributed by atoms with Gasteiger partial charge in [-0.15, -0.1) is 11.3 Å². The maximum Gasteiger partial charge on any atom is 0.311 e. The van der Waals surface area contributed by atoms with Crippen LogP contribution in [0.2, 0.25) is 0 Å². The Morgan fingerprint density at radius 3 is 3.00 bits per heavy atom. The predicted octanol–water partition coefficient (Wildman–Crippen LogP) is 3.32. The Kier molecular flexibility index (Phi) is 4.79. The number of nitrogens with one attached hydrogen (secondary N) is 1. The number of rotatable bonds is 6. The van der Waals surface area contributed by atoms with E-state index in [9.17, 15) is 4.79 Å². The van der Waals surface area contributed by atoms with Crippen LogP contribution in [0, 0.1) is 6.92 Å². The molecule has 1 unspecified atom stereocenters. The van der Waals surface area contributed by atoms with E-state index < -0.39 is 0 Å². The van der Waals surface area contributed by atoms with Gasteiger partial charge >= 0.3 is 5.97 Å². The van der Waals surface area contributed by atoms with Crippen LogP contribution >= 0.6 is 11.3 Å². The van der Waals surface area contributed by atoms with Crippen molar-refractivity contribution in [3.63, 3.8) is 0 Å². The van der Waals surface area contributed by atoms with Crippen molar-refractivity contribution in [2.45, 2.75) is 33.2 Å². The molecule has 0 amide bonds. The summed E-state index contributed by atoms with van der Waals surface area (Å²) in [6.45, 7) is 6.10. The minimum atomic E-state index is -0.251. The SMILES string of the molecule is CCOC(=O)Cc1csc(NC(C)c2ccc(C)o2)n1. The average molecular weight is 294 g/mol. The highest BCUT2D eigenvalue weighted by atomic mass is 32.1. The van der Waals surface area contributed by atoms with E-state index in [1.165, 1.54) is 11.3 Å². The molecule has 20 heavy (non-hydrogen) atoms. The Morgan fingerprint density at radius 2 is 2.35 bits per heavy atom. The number of aryl methyl sites for hydroxylation is 1. The van der Waals surface area contributed by atoms with Gasteiger partial charge in [-0.25, -0.2) is 4.98 Å². The number of esters is 1. The van der Waals surface area contributed by atoms with E-state index in [0.717, 1.165) is 22.3 Å². The van der Waals surface area contributed by atoms with Crippen LogP contribution in [0.5, 0.6) is 0 Å². The summed E-state index contributed by atoms with van der Waals surface area (Å²) in [6, 6.07) is 3.91. The van der Waals surface area contributed by atoms with Crippen molar-refractivity contribution in [3.8, 4) is 0 Å². The number of furan rings is 1. The van der Waals surface area contributed by atoms with E-state index in [1.807, 2.05) is 31.4 Å². The van der Waals surface area contributed by atoms with Crippen LogP contribution in [-0.4, -0.2) is 17.6 Å². The van der Waals surface area contributed by atoms with E-state index in [0.29, 0.717) is 6.61 Å². The molecule has 0 aliphatic rings. The van der Waals surface area contributed by atoms with E-state index in [4.69, 9.17) is 9.15 Å². The van der Waals surface area contributed by atoms with Gasteiger partial charge in [-0.3, -0.25) is 4.79 Å². The summed E-state index contributed by atoms with van der Waals surface area (Å²) >= 11 is 1.47. The number of carbonyl (C=O) groups is 1. The average Bonchev–Trinajstić information content (AvgIpc) is 2.99. The summed E-state index contributed by atoms with van der Waals surface area (Å²) in [5.74, 6) is 1.50. The van der Waals surface area contributed by atoms with Gasteiger partial charge in [0.15, 0.2) is 5.13 Å². The van der Waals surface area contributed by atoms with Gasteiger partial charge in [-0.05, 0) is 32.9 Å². The topological polar surface area (TPSA) is 64.4 Å². The van der Waals surface area contributed by atoms with Crippen LogP contribution in [0.25, 0.3) is 0 Å². The highest BCUT2D eigenvalue weighted by molar-refractivity contribution is 7.13. The third-order valence-corrected chi connectivity index (χ3v) is 3.53. The van der Waals surface area contributed by atoms with Crippen LogP contribution in [0.4, 0.5) is 5.13 Å². The number of ether oxygens (including phenoxy) is 1. The largest absolute Gasteiger partial charge is 0.466 e. The number of hydrogen-bond donors (Lipinski definition) is 1. The first-order valence-electron chi connectivity index (χ1n) is 6.51. The highest BCUT2D eigenvalue weighted by Crippen LogP contribution is 2.23. The smallest absolute Gasteiger partial charge is 0.311 e. The molecule has 6 heteroatoms. The third kappa shape index (κ3) is 3.84. The van der Waals surface area contributed by atoms with Gasteiger partial charge in [0.2, 0.25) is 0 Å². The molecule has 0 aliphatic heterocycles. The highest BCUT2D eigenvalue weighted by Gasteiger charge is 2.13. The molecule has 0 aliphatic carbocycles. The molecule has 0 saturated heterocycles. The zero-order chi connectivity index (χ0) is 14.5. The van der Waals surface area contributed by atoms with Crippen LogP contribution < -0.4 is 5.32 Å². The fraction of sp³-hybridized carbons (Fsp3) is 0.429. The van der Waals surface area contributed by atoms with E-state index >= 15 is 0 Å². The zero-order valence-electron chi connectivity index (χ0n) is 11.8. The minimum absolute atomic E-state index is 0.0327. The Hall–Kier alpha value is -1.82. The second-order valence-corrected chi connectivity index (χ2v) is 5.30. The molecule has 1 atom stereocenters. The van der Waals surface area contributed by atoms with Crippen molar-refractivity contribution in [2.75, 3.05) is 11.9 Å². The summed E-state index contributed by atoms with van der Waals surface area (Å²) < 4.78 is 10.5. The summed E-state index contributed by atoms with van der Waals surface area (Å²) in [7, 11) is 0. The molecule has 0 bridgehead atoms. The van der Waals surface area contributed by atoms with Crippen molar-refractivity contribution < 1.29 is 13.9 Å². The number of hydrogen-bond acceptors (Lipinski definition) is 6. The monoisotopic (exact) mass is 294 g/mol. The molecule has 1 N–H and O–H groups in total. The molecular weight excluding hydrogens is 276 g/mol. The Morgan fingerprint density at radius 1 is 1.55 bits per heavy atom. The molecular formula is C14H18N2O3S.